The molecule has 0 saturated carbocycles. The molecule has 2 rings (SSSR count). The van der Waals surface area contributed by atoms with E-state index < -0.39 is 0 Å². The third kappa shape index (κ3) is 4.77. The molecule has 0 amide bonds. The molecule has 1 fully saturated rings. The van der Waals surface area contributed by atoms with E-state index in [1.54, 1.807) is 6.07 Å². The second-order valence-corrected chi connectivity index (χ2v) is 6.43. The third-order valence-corrected chi connectivity index (χ3v) is 3.94. The summed E-state index contributed by atoms with van der Waals surface area (Å²) in [7, 11) is 0. The minimum atomic E-state index is 0.202. The Morgan fingerprint density at radius 3 is 2.67 bits per heavy atom. The molecule has 1 aromatic rings. The molecule has 1 aliphatic rings. The van der Waals surface area contributed by atoms with Gasteiger partial charge in [0.05, 0.1) is 19.8 Å². The van der Waals surface area contributed by atoms with E-state index in [0.717, 1.165) is 37.8 Å². The van der Waals surface area contributed by atoms with Crippen LogP contribution in [0.1, 0.15) is 19.4 Å². The first-order chi connectivity index (χ1) is 10.0. The summed E-state index contributed by atoms with van der Waals surface area (Å²) in [4.78, 5) is 4.56. The van der Waals surface area contributed by atoms with Crippen LogP contribution in [0.3, 0.4) is 0 Å². The van der Waals surface area contributed by atoms with E-state index in [9.17, 15) is 0 Å². The molecule has 1 aliphatic heterocycles. The zero-order valence-electron chi connectivity index (χ0n) is 12.4. The van der Waals surface area contributed by atoms with Crippen molar-refractivity contribution in [2.75, 3.05) is 26.3 Å². The summed E-state index contributed by atoms with van der Waals surface area (Å²) in [5, 5.41) is 7.86. The van der Waals surface area contributed by atoms with Crippen molar-refractivity contribution < 1.29 is 4.74 Å². The van der Waals surface area contributed by atoms with E-state index in [-0.39, 0.29) is 5.41 Å². The number of aliphatic imine (C=N–C) groups is 1. The van der Waals surface area contributed by atoms with Crippen molar-refractivity contribution in [1.82, 2.24) is 10.6 Å². The van der Waals surface area contributed by atoms with Gasteiger partial charge in [0, 0.05) is 28.5 Å². The van der Waals surface area contributed by atoms with Crippen LogP contribution in [0.5, 0.6) is 0 Å². The molecular weight excluding hydrogens is 309 g/mol. The maximum absolute atomic E-state index is 6.16. The lowest BCUT2D eigenvalue weighted by atomic mass is 9.89. The molecule has 4 nitrogen and oxygen atoms in total. The van der Waals surface area contributed by atoms with E-state index in [4.69, 9.17) is 27.9 Å². The highest BCUT2D eigenvalue weighted by Gasteiger charge is 2.33. The van der Waals surface area contributed by atoms with Crippen LogP contribution < -0.4 is 10.6 Å². The monoisotopic (exact) mass is 329 g/mol. The Morgan fingerprint density at radius 2 is 2.10 bits per heavy atom. The Labute approximate surface area is 135 Å². The van der Waals surface area contributed by atoms with Crippen LogP contribution in [-0.4, -0.2) is 32.3 Å². The van der Waals surface area contributed by atoms with Gasteiger partial charge in [-0.15, -0.1) is 0 Å². The van der Waals surface area contributed by atoms with Crippen molar-refractivity contribution >= 4 is 29.2 Å². The molecule has 0 aliphatic carbocycles. The first kappa shape index (κ1) is 16.4. The summed E-state index contributed by atoms with van der Waals surface area (Å²) in [6.07, 6.45) is 0. The van der Waals surface area contributed by atoms with Gasteiger partial charge in [-0.25, -0.2) is 4.99 Å². The highest BCUT2D eigenvalue weighted by atomic mass is 35.5. The van der Waals surface area contributed by atoms with Crippen LogP contribution >= 0.6 is 23.2 Å². The van der Waals surface area contributed by atoms with Gasteiger partial charge in [-0.05, 0) is 24.6 Å². The summed E-state index contributed by atoms with van der Waals surface area (Å²) in [5.74, 6) is 0.789. The molecule has 0 aromatic heterocycles. The molecule has 0 radical (unpaired) electrons. The Bertz CT molecular complexity index is 516. The summed E-state index contributed by atoms with van der Waals surface area (Å²) >= 11 is 12.1. The highest BCUT2D eigenvalue weighted by molar-refractivity contribution is 6.35. The van der Waals surface area contributed by atoms with Gasteiger partial charge in [0.2, 0.25) is 0 Å². The van der Waals surface area contributed by atoms with E-state index in [1.165, 1.54) is 0 Å². The molecule has 21 heavy (non-hydrogen) atoms. The maximum atomic E-state index is 6.16. The van der Waals surface area contributed by atoms with Gasteiger partial charge in [-0.1, -0.05) is 36.2 Å². The Hall–Kier alpha value is -0.970. The number of rotatable bonds is 5. The van der Waals surface area contributed by atoms with E-state index >= 15 is 0 Å². The Kier molecular flexibility index (Phi) is 5.73. The van der Waals surface area contributed by atoms with Gasteiger partial charge in [-0.3, -0.25) is 0 Å². The van der Waals surface area contributed by atoms with E-state index in [1.807, 2.05) is 19.1 Å². The lowest BCUT2D eigenvalue weighted by molar-refractivity contribution is -0.0971. The number of hydrogen-bond acceptors (Lipinski definition) is 2. The molecule has 0 atom stereocenters. The zero-order chi connectivity index (χ0) is 15.3. The maximum Gasteiger partial charge on any atom is 0.191 e. The largest absolute Gasteiger partial charge is 0.380 e. The van der Waals surface area contributed by atoms with Crippen LogP contribution in [-0.2, 0) is 11.3 Å². The smallest absolute Gasteiger partial charge is 0.191 e. The molecule has 1 heterocycles. The van der Waals surface area contributed by atoms with Crippen molar-refractivity contribution in [2.24, 2.45) is 10.4 Å². The average molecular weight is 330 g/mol. The summed E-state index contributed by atoms with van der Waals surface area (Å²) in [6, 6.07) is 5.46. The highest BCUT2D eigenvalue weighted by Crippen LogP contribution is 2.25. The molecule has 0 spiro atoms. The Balaban J connectivity index is 1.96. The predicted octanol–water partition coefficient (Wildman–Crippen LogP) is 3.09. The molecule has 1 aromatic carbocycles. The summed E-state index contributed by atoms with van der Waals surface area (Å²) in [6.45, 7) is 7.99. The molecule has 0 unspecified atom stereocenters. The standard InChI is InChI=1S/C15H21Cl2N3O/c1-3-18-14(20-8-15(2)9-21-10-15)19-7-11-4-5-12(16)6-13(11)17/h4-6H,3,7-10H2,1-2H3,(H2,18,19,20). The first-order valence-electron chi connectivity index (χ1n) is 7.06. The Morgan fingerprint density at radius 1 is 1.33 bits per heavy atom. The number of hydrogen-bond donors (Lipinski definition) is 2. The van der Waals surface area contributed by atoms with Crippen molar-refractivity contribution in [3.63, 3.8) is 0 Å². The van der Waals surface area contributed by atoms with Crippen LogP contribution in [0.15, 0.2) is 23.2 Å². The zero-order valence-corrected chi connectivity index (χ0v) is 13.9. The normalized spacial score (nSPS) is 17.2. The number of nitrogens with zero attached hydrogens (tertiary/aromatic N) is 1. The predicted molar refractivity (Wildman–Crippen MR) is 88.2 cm³/mol. The van der Waals surface area contributed by atoms with Crippen LogP contribution in [0, 0.1) is 5.41 Å². The average Bonchev–Trinajstić information content (AvgIpc) is 2.41. The molecule has 6 heteroatoms. The molecule has 2 N–H and O–H groups in total. The topological polar surface area (TPSA) is 45.7 Å². The quantitative estimate of drug-likeness (QED) is 0.644. The van der Waals surface area contributed by atoms with Gasteiger partial charge < -0.3 is 15.4 Å². The van der Waals surface area contributed by atoms with Crippen LogP contribution in [0.4, 0.5) is 0 Å². The number of halogens is 2. The van der Waals surface area contributed by atoms with Crippen molar-refractivity contribution in [3.8, 4) is 0 Å². The third-order valence-electron chi connectivity index (χ3n) is 3.35. The molecular formula is C15H21Cl2N3O. The number of guanidine groups is 1. The van der Waals surface area contributed by atoms with Crippen molar-refractivity contribution in [1.29, 1.82) is 0 Å². The van der Waals surface area contributed by atoms with Gasteiger partial charge in [-0.2, -0.15) is 0 Å². The second kappa shape index (κ2) is 7.34. The molecule has 1 saturated heterocycles. The minimum absolute atomic E-state index is 0.202. The van der Waals surface area contributed by atoms with Gasteiger partial charge in [0.15, 0.2) is 5.96 Å². The molecule has 0 bridgehead atoms. The lowest BCUT2D eigenvalue weighted by Gasteiger charge is -2.38. The number of ether oxygens (including phenoxy) is 1. The fraction of sp³-hybridized carbons (Fsp3) is 0.533. The van der Waals surface area contributed by atoms with Crippen LogP contribution in [0.2, 0.25) is 10.0 Å². The van der Waals surface area contributed by atoms with E-state index in [0.29, 0.717) is 16.6 Å². The van der Waals surface area contributed by atoms with Gasteiger partial charge in [0.25, 0.3) is 0 Å². The minimum Gasteiger partial charge on any atom is -0.380 e. The summed E-state index contributed by atoms with van der Waals surface area (Å²) < 4.78 is 5.26. The fourth-order valence-corrected chi connectivity index (χ4v) is 2.47. The molecule has 116 valence electrons. The fourth-order valence-electron chi connectivity index (χ4n) is 2.01. The number of benzene rings is 1. The van der Waals surface area contributed by atoms with Crippen molar-refractivity contribution in [2.45, 2.75) is 20.4 Å². The summed E-state index contributed by atoms with van der Waals surface area (Å²) in [5.41, 5.74) is 1.16. The van der Waals surface area contributed by atoms with Crippen molar-refractivity contribution in [3.05, 3.63) is 33.8 Å². The number of nitrogens with one attached hydrogen (secondary N) is 2. The first-order valence-corrected chi connectivity index (χ1v) is 7.82. The van der Waals surface area contributed by atoms with Gasteiger partial charge in [0.1, 0.15) is 0 Å². The van der Waals surface area contributed by atoms with E-state index in [2.05, 4.69) is 22.5 Å². The van der Waals surface area contributed by atoms with Crippen LogP contribution in [0.25, 0.3) is 0 Å². The lowest BCUT2D eigenvalue weighted by Crippen LogP contribution is -2.51. The van der Waals surface area contributed by atoms with Gasteiger partial charge >= 0.3 is 0 Å². The SMILES string of the molecule is CCNC(=NCc1ccc(Cl)cc1Cl)NCC1(C)COC1. The second-order valence-electron chi connectivity index (χ2n) is 5.59.